The second kappa shape index (κ2) is 23.3. The van der Waals surface area contributed by atoms with Crippen molar-refractivity contribution in [2.24, 2.45) is 0 Å². The summed E-state index contributed by atoms with van der Waals surface area (Å²) < 4.78 is 0. The molecule has 0 unspecified atom stereocenters. The van der Waals surface area contributed by atoms with Crippen LogP contribution in [0.4, 0.5) is 0 Å². The van der Waals surface area contributed by atoms with Gasteiger partial charge in [0.1, 0.15) is 0 Å². The van der Waals surface area contributed by atoms with Crippen LogP contribution in [0.15, 0.2) is 273 Å². The number of hydrogen-bond donors (Lipinski definition) is 0. The van der Waals surface area contributed by atoms with Gasteiger partial charge in [0.15, 0.2) is 0 Å². The Kier molecular flexibility index (Phi) is 17.1. The van der Waals surface area contributed by atoms with Crippen LogP contribution in [0.25, 0.3) is 0 Å². The van der Waals surface area contributed by atoms with Gasteiger partial charge in [-0.25, -0.2) is 0 Å². The van der Waals surface area contributed by atoms with E-state index in [1.54, 1.807) is 0 Å². The van der Waals surface area contributed by atoms with Gasteiger partial charge in [-0.3, -0.25) is 0 Å². The standard InChI is InChI=1S/3C18H15P.Rh.H/c3*1-4-10-16(11-5-1)19(17-12-6-2-7-13-17)18-14-8-3-9-15-18;;/h3*1-15H;;/q;;;;-1. The fraction of sp³-hybridized carbons (Fsp3) is 0. The van der Waals surface area contributed by atoms with Crippen molar-refractivity contribution in [3.8, 4) is 0 Å². The van der Waals surface area contributed by atoms with E-state index in [-0.39, 0.29) is 20.9 Å². The molecule has 0 saturated heterocycles. The van der Waals surface area contributed by atoms with Crippen LogP contribution in [-0.4, -0.2) is 0 Å². The molecule has 0 amide bonds. The molecule has 0 fully saturated rings. The van der Waals surface area contributed by atoms with Crippen molar-refractivity contribution in [1.82, 2.24) is 0 Å². The zero-order valence-electron chi connectivity index (χ0n) is 33.2. The molecule has 9 rings (SSSR count). The maximum atomic E-state index is 2.23. The van der Waals surface area contributed by atoms with E-state index in [0.29, 0.717) is 0 Å². The van der Waals surface area contributed by atoms with E-state index in [1.807, 2.05) is 0 Å². The van der Waals surface area contributed by atoms with E-state index in [1.165, 1.54) is 47.7 Å². The third-order valence-corrected chi connectivity index (χ3v) is 16.5. The Balaban J connectivity index is 0.000000165. The van der Waals surface area contributed by atoms with Crippen molar-refractivity contribution in [2.45, 2.75) is 0 Å². The van der Waals surface area contributed by atoms with Gasteiger partial charge < -0.3 is 1.43 Å². The molecular formula is C54H46P3Rh-. The van der Waals surface area contributed by atoms with Gasteiger partial charge >= 0.3 is 0 Å². The summed E-state index contributed by atoms with van der Waals surface area (Å²) in [6, 6.07) is 97.0. The second-order valence-corrected chi connectivity index (χ2v) is 19.7. The first kappa shape index (κ1) is 42.5. The summed E-state index contributed by atoms with van der Waals surface area (Å²) in [6.45, 7) is 0. The van der Waals surface area contributed by atoms with Crippen LogP contribution in [0, 0.1) is 0 Å². The second-order valence-electron chi connectivity index (χ2n) is 13.0. The van der Waals surface area contributed by atoms with Crippen molar-refractivity contribution in [3.63, 3.8) is 0 Å². The van der Waals surface area contributed by atoms with E-state index in [9.17, 15) is 0 Å². The topological polar surface area (TPSA) is 0 Å². The average molecular weight is 891 g/mol. The molecule has 9 aromatic rings. The van der Waals surface area contributed by atoms with Crippen molar-refractivity contribution in [1.29, 1.82) is 0 Å². The fourth-order valence-corrected chi connectivity index (χ4v) is 13.5. The summed E-state index contributed by atoms with van der Waals surface area (Å²) in [5, 5.41) is 12.6. The van der Waals surface area contributed by atoms with E-state index >= 15 is 0 Å². The molecule has 287 valence electrons. The Hall–Kier alpha value is -5.11. The van der Waals surface area contributed by atoms with E-state index < -0.39 is 23.8 Å². The minimum Gasteiger partial charge on any atom is -1.00 e. The third-order valence-electron chi connectivity index (χ3n) is 9.13. The summed E-state index contributed by atoms with van der Waals surface area (Å²) in [5.74, 6) is 0. The minimum absolute atomic E-state index is 0. The Morgan fingerprint density at radius 1 is 0.155 bits per heavy atom. The first-order chi connectivity index (χ1) is 28.3. The van der Waals surface area contributed by atoms with Crippen LogP contribution in [0.1, 0.15) is 1.43 Å². The third kappa shape index (κ3) is 12.0. The maximum Gasteiger partial charge on any atom is 0 e. The molecule has 0 N–H and O–H groups in total. The SMILES string of the molecule is [H-].[Rh].c1ccc(P(c2ccccc2)c2ccccc2)cc1.c1ccc(P(c2ccccc2)c2ccccc2)cc1.c1ccc(P(c2ccccc2)c2ccccc2)cc1. The molecule has 0 aliphatic carbocycles. The van der Waals surface area contributed by atoms with Gasteiger partial charge in [-0.05, 0) is 71.5 Å². The van der Waals surface area contributed by atoms with Gasteiger partial charge in [0.05, 0.1) is 0 Å². The van der Waals surface area contributed by atoms with Crippen LogP contribution in [0.5, 0.6) is 0 Å². The molecule has 0 aliphatic rings. The minimum atomic E-state index is -0.446. The Bertz CT molecular complexity index is 1870. The molecule has 0 heterocycles. The number of benzene rings is 9. The van der Waals surface area contributed by atoms with E-state index in [4.69, 9.17) is 0 Å². The van der Waals surface area contributed by atoms with Crippen LogP contribution in [0.2, 0.25) is 0 Å². The Morgan fingerprint density at radius 3 is 0.328 bits per heavy atom. The van der Waals surface area contributed by atoms with Crippen LogP contribution in [-0.2, 0) is 19.5 Å². The van der Waals surface area contributed by atoms with Gasteiger partial charge in [0.25, 0.3) is 0 Å². The van der Waals surface area contributed by atoms with Crippen molar-refractivity contribution in [3.05, 3.63) is 273 Å². The molecule has 9 aromatic carbocycles. The first-order valence-corrected chi connectivity index (χ1v) is 23.2. The smallest absolute Gasteiger partial charge is 0 e. The van der Waals surface area contributed by atoms with Gasteiger partial charge in [-0.1, -0.05) is 273 Å². The molecule has 1 radical (unpaired) electrons. The predicted octanol–water partition coefficient (Wildman–Crippen LogP) is 10.4. The van der Waals surface area contributed by atoms with Crippen LogP contribution >= 0.6 is 23.8 Å². The maximum absolute atomic E-state index is 2.23. The summed E-state index contributed by atoms with van der Waals surface area (Å²) in [7, 11) is -1.34. The Morgan fingerprint density at radius 2 is 0.241 bits per heavy atom. The monoisotopic (exact) mass is 890 g/mol. The molecule has 4 heteroatoms. The fourth-order valence-electron chi connectivity index (χ4n) is 6.54. The summed E-state index contributed by atoms with van der Waals surface area (Å²) in [4.78, 5) is 0. The molecule has 0 atom stereocenters. The summed E-state index contributed by atoms with van der Waals surface area (Å²) in [6.07, 6.45) is 0. The molecule has 0 saturated carbocycles. The summed E-state index contributed by atoms with van der Waals surface area (Å²) in [5.41, 5.74) is 0. The number of hydrogen-bond acceptors (Lipinski definition) is 0. The molecule has 0 spiro atoms. The molecule has 0 aliphatic heterocycles. The molecular weight excluding hydrogens is 844 g/mol. The van der Waals surface area contributed by atoms with Gasteiger partial charge in [-0.2, -0.15) is 0 Å². The molecule has 58 heavy (non-hydrogen) atoms. The van der Waals surface area contributed by atoms with Crippen molar-refractivity contribution >= 4 is 71.5 Å². The normalized spacial score (nSPS) is 10.4. The summed E-state index contributed by atoms with van der Waals surface area (Å²) >= 11 is 0. The van der Waals surface area contributed by atoms with Gasteiger partial charge in [0.2, 0.25) is 0 Å². The predicted molar refractivity (Wildman–Crippen MR) is 257 cm³/mol. The quantitative estimate of drug-likeness (QED) is 0.100. The molecule has 0 bridgehead atoms. The zero-order chi connectivity index (χ0) is 38.7. The number of rotatable bonds is 9. The first-order valence-electron chi connectivity index (χ1n) is 19.2. The van der Waals surface area contributed by atoms with Crippen LogP contribution < -0.4 is 47.7 Å². The zero-order valence-corrected chi connectivity index (χ0v) is 36.5. The van der Waals surface area contributed by atoms with Crippen molar-refractivity contribution in [2.75, 3.05) is 0 Å². The van der Waals surface area contributed by atoms with Crippen molar-refractivity contribution < 1.29 is 20.9 Å². The van der Waals surface area contributed by atoms with E-state index in [2.05, 4.69) is 273 Å². The average Bonchev–Trinajstić information content (AvgIpc) is 3.30. The largest absolute Gasteiger partial charge is 1.00 e. The van der Waals surface area contributed by atoms with Gasteiger partial charge in [-0.15, -0.1) is 0 Å². The molecule has 0 aromatic heterocycles. The van der Waals surface area contributed by atoms with Crippen LogP contribution in [0.3, 0.4) is 0 Å². The Labute approximate surface area is 363 Å². The van der Waals surface area contributed by atoms with Gasteiger partial charge in [0, 0.05) is 19.5 Å². The molecule has 0 nitrogen and oxygen atoms in total. The van der Waals surface area contributed by atoms with E-state index in [0.717, 1.165) is 0 Å².